The summed E-state index contributed by atoms with van der Waals surface area (Å²) in [7, 11) is 0. The highest BCUT2D eigenvalue weighted by Crippen LogP contribution is 2.17. The molecule has 0 aliphatic rings. The van der Waals surface area contributed by atoms with Crippen molar-refractivity contribution in [1.82, 2.24) is 0 Å². The van der Waals surface area contributed by atoms with Gasteiger partial charge in [0.25, 0.3) is 0 Å². The van der Waals surface area contributed by atoms with Crippen LogP contribution in [0.5, 0.6) is 0 Å². The molecule has 22 heavy (non-hydrogen) atoms. The summed E-state index contributed by atoms with van der Waals surface area (Å²) in [5.74, 6) is -0.449. The number of nitrogens with one attached hydrogen (secondary N) is 3. The van der Waals surface area contributed by atoms with Crippen molar-refractivity contribution in [3.05, 3.63) is 53.8 Å². The van der Waals surface area contributed by atoms with Gasteiger partial charge >= 0.3 is 0 Å². The molecule has 0 aromatic heterocycles. The first-order chi connectivity index (χ1) is 10.4. The van der Waals surface area contributed by atoms with Gasteiger partial charge in [0.05, 0.1) is 0 Å². The molecule has 3 N–H and O–H groups in total. The van der Waals surface area contributed by atoms with Crippen molar-refractivity contribution in [3.63, 3.8) is 0 Å². The molecule has 6 heteroatoms. The second-order valence-corrected chi connectivity index (χ2v) is 5.21. The van der Waals surface area contributed by atoms with Crippen molar-refractivity contribution in [2.75, 3.05) is 16.0 Å². The number of anilines is 3. The summed E-state index contributed by atoms with van der Waals surface area (Å²) in [6.45, 7) is 3.32. The lowest BCUT2D eigenvalue weighted by atomic mass is 10.2. The molecule has 0 radical (unpaired) electrons. The molecule has 2 aromatic carbocycles. The van der Waals surface area contributed by atoms with Gasteiger partial charge < -0.3 is 16.0 Å². The number of aryl methyl sites for hydroxylation is 1. The van der Waals surface area contributed by atoms with Gasteiger partial charge in [0.2, 0.25) is 5.91 Å². The van der Waals surface area contributed by atoms with E-state index in [1.807, 2.05) is 6.92 Å². The Labute approximate surface area is 133 Å². The number of amides is 1. The lowest BCUT2D eigenvalue weighted by molar-refractivity contribution is -0.114. The Balaban J connectivity index is 1.99. The average molecular weight is 317 g/mol. The first kappa shape index (κ1) is 15.9. The highest BCUT2D eigenvalue weighted by Gasteiger charge is 2.04. The summed E-state index contributed by atoms with van der Waals surface area (Å²) < 4.78 is 13.2. The maximum atomic E-state index is 13.2. The molecule has 0 aliphatic carbocycles. The molecule has 114 valence electrons. The standard InChI is InChI=1S/C16H16FN3OS/c1-10-3-4-12(17)9-15(10)20-16(22)19-14-7-5-13(6-8-14)18-11(2)21/h3-9H,1-2H3,(H,18,21)(H2,19,20,22). The molecule has 0 aliphatic heterocycles. The Morgan fingerprint density at radius 1 is 1.00 bits per heavy atom. The highest BCUT2D eigenvalue weighted by molar-refractivity contribution is 7.80. The third kappa shape index (κ3) is 4.53. The number of carbonyl (C=O) groups excluding carboxylic acids is 1. The van der Waals surface area contributed by atoms with E-state index in [4.69, 9.17) is 12.2 Å². The van der Waals surface area contributed by atoms with Crippen LogP contribution in [-0.2, 0) is 4.79 Å². The minimum Gasteiger partial charge on any atom is -0.332 e. The van der Waals surface area contributed by atoms with Crippen molar-refractivity contribution in [3.8, 4) is 0 Å². The summed E-state index contributed by atoms with van der Waals surface area (Å²) in [6.07, 6.45) is 0. The fourth-order valence-corrected chi connectivity index (χ4v) is 2.08. The Bertz CT molecular complexity index is 701. The van der Waals surface area contributed by atoms with Crippen molar-refractivity contribution in [1.29, 1.82) is 0 Å². The lowest BCUT2D eigenvalue weighted by Gasteiger charge is -2.13. The molecule has 0 unspecified atom stereocenters. The van der Waals surface area contributed by atoms with E-state index in [2.05, 4.69) is 16.0 Å². The Morgan fingerprint density at radius 3 is 2.18 bits per heavy atom. The number of thiocarbonyl (C=S) groups is 1. The topological polar surface area (TPSA) is 53.2 Å². The number of hydrogen-bond donors (Lipinski definition) is 3. The summed E-state index contributed by atoms with van der Waals surface area (Å²) in [4.78, 5) is 11.0. The van der Waals surface area contributed by atoms with Gasteiger partial charge in [-0.2, -0.15) is 0 Å². The monoisotopic (exact) mass is 317 g/mol. The minimum atomic E-state index is -0.324. The molecule has 0 saturated heterocycles. The Kier molecular flexibility index (Phi) is 5.06. The molecule has 0 fully saturated rings. The maximum absolute atomic E-state index is 13.2. The molecule has 0 heterocycles. The summed E-state index contributed by atoms with van der Waals surface area (Å²) >= 11 is 5.21. The largest absolute Gasteiger partial charge is 0.332 e. The van der Waals surface area contributed by atoms with Crippen LogP contribution in [0.3, 0.4) is 0 Å². The lowest BCUT2D eigenvalue weighted by Crippen LogP contribution is -2.19. The molecule has 2 aromatic rings. The van der Waals surface area contributed by atoms with Crippen molar-refractivity contribution >= 4 is 40.3 Å². The van der Waals surface area contributed by atoms with Gasteiger partial charge in [-0.3, -0.25) is 4.79 Å². The van der Waals surface area contributed by atoms with Crippen molar-refractivity contribution in [2.24, 2.45) is 0 Å². The quantitative estimate of drug-likeness (QED) is 0.752. The van der Waals surface area contributed by atoms with E-state index >= 15 is 0 Å². The van der Waals surface area contributed by atoms with Crippen molar-refractivity contribution in [2.45, 2.75) is 13.8 Å². The summed E-state index contributed by atoms with van der Waals surface area (Å²) in [5, 5.41) is 9.00. The molecule has 0 saturated carbocycles. The molecular weight excluding hydrogens is 301 g/mol. The molecule has 2 rings (SSSR count). The highest BCUT2D eigenvalue weighted by atomic mass is 32.1. The van der Waals surface area contributed by atoms with Crippen LogP contribution in [0.1, 0.15) is 12.5 Å². The van der Waals surface area contributed by atoms with Crippen molar-refractivity contribution < 1.29 is 9.18 Å². The van der Waals surface area contributed by atoms with Gasteiger partial charge in [-0.15, -0.1) is 0 Å². The Morgan fingerprint density at radius 2 is 1.59 bits per heavy atom. The second kappa shape index (κ2) is 7.00. The van der Waals surface area contributed by atoms with Gasteiger partial charge in [0, 0.05) is 24.0 Å². The number of hydrogen-bond acceptors (Lipinski definition) is 2. The van der Waals surface area contributed by atoms with E-state index in [9.17, 15) is 9.18 Å². The zero-order valence-corrected chi connectivity index (χ0v) is 13.1. The molecule has 0 atom stereocenters. The van der Waals surface area contributed by atoms with Crippen LogP contribution in [0.15, 0.2) is 42.5 Å². The zero-order chi connectivity index (χ0) is 16.1. The van der Waals surface area contributed by atoms with Gasteiger partial charge in [0.1, 0.15) is 5.82 Å². The van der Waals surface area contributed by atoms with Crippen LogP contribution < -0.4 is 16.0 Å². The second-order valence-electron chi connectivity index (χ2n) is 4.80. The Hall–Kier alpha value is -2.47. The number of benzene rings is 2. The van der Waals surface area contributed by atoms with Crippen LogP contribution in [0.2, 0.25) is 0 Å². The first-order valence-corrected chi connectivity index (χ1v) is 7.06. The fourth-order valence-electron chi connectivity index (χ4n) is 1.85. The van der Waals surface area contributed by atoms with E-state index in [0.29, 0.717) is 16.5 Å². The molecule has 1 amide bonds. The van der Waals surface area contributed by atoms with E-state index in [-0.39, 0.29) is 11.7 Å². The van der Waals surface area contributed by atoms with Gasteiger partial charge in [-0.1, -0.05) is 6.07 Å². The van der Waals surface area contributed by atoms with Crippen LogP contribution in [0, 0.1) is 12.7 Å². The summed E-state index contributed by atoms with van der Waals surface area (Å²) in [6, 6.07) is 11.6. The molecule has 0 spiro atoms. The molecule has 4 nitrogen and oxygen atoms in total. The maximum Gasteiger partial charge on any atom is 0.221 e. The normalized spacial score (nSPS) is 9.95. The van der Waals surface area contributed by atoms with E-state index in [0.717, 1.165) is 11.3 Å². The zero-order valence-electron chi connectivity index (χ0n) is 12.2. The fraction of sp³-hybridized carbons (Fsp3) is 0.125. The molecular formula is C16H16FN3OS. The SMILES string of the molecule is CC(=O)Nc1ccc(NC(=S)Nc2cc(F)ccc2C)cc1. The van der Waals surface area contributed by atoms with E-state index < -0.39 is 0 Å². The third-order valence-electron chi connectivity index (χ3n) is 2.91. The molecule has 0 bridgehead atoms. The average Bonchev–Trinajstić information content (AvgIpc) is 2.44. The van der Waals surface area contributed by atoms with E-state index in [1.165, 1.54) is 19.1 Å². The first-order valence-electron chi connectivity index (χ1n) is 6.66. The van der Waals surface area contributed by atoms with Crippen LogP contribution in [0.4, 0.5) is 21.5 Å². The minimum absolute atomic E-state index is 0.125. The summed E-state index contributed by atoms with van der Waals surface area (Å²) in [5.41, 5.74) is 2.98. The number of rotatable bonds is 3. The van der Waals surface area contributed by atoms with Gasteiger partial charge in [-0.05, 0) is 61.1 Å². The van der Waals surface area contributed by atoms with Crippen LogP contribution in [0.25, 0.3) is 0 Å². The predicted octanol–water partition coefficient (Wildman–Crippen LogP) is 3.90. The van der Waals surface area contributed by atoms with Crippen LogP contribution >= 0.6 is 12.2 Å². The third-order valence-corrected chi connectivity index (χ3v) is 3.12. The predicted molar refractivity (Wildman–Crippen MR) is 91.7 cm³/mol. The number of carbonyl (C=O) groups is 1. The number of halogens is 1. The van der Waals surface area contributed by atoms with E-state index in [1.54, 1.807) is 30.3 Å². The van der Waals surface area contributed by atoms with Gasteiger partial charge in [-0.25, -0.2) is 4.39 Å². The smallest absolute Gasteiger partial charge is 0.221 e. The van der Waals surface area contributed by atoms with Gasteiger partial charge in [0.15, 0.2) is 5.11 Å². The van der Waals surface area contributed by atoms with Crippen LogP contribution in [-0.4, -0.2) is 11.0 Å².